The molecule has 0 saturated carbocycles. The minimum atomic E-state index is -2.52. The number of nitrogens with one attached hydrogen (secondary N) is 15. The molecule has 1 aromatic heterocycles. The number of amides is 15. The van der Waals surface area contributed by atoms with Crippen LogP contribution in [0.2, 0.25) is 0 Å². The van der Waals surface area contributed by atoms with Gasteiger partial charge in [-0.25, -0.2) is 14.0 Å². The number of rotatable bonds is 38. The predicted molar refractivity (Wildman–Crippen MR) is 421 cm³/mol. The number of benzene rings is 2. The Morgan fingerprint density at radius 2 is 1.18 bits per heavy atom. The largest absolute Gasteiger partial charge is 0.481 e. The number of cyclic esters (lactones) is 1. The van der Waals surface area contributed by atoms with Crippen molar-refractivity contribution in [3.05, 3.63) is 78.3 Å². The third-order valence-electron chi connectivity index (χ3n) is 18.5. The number of aliphatic hydroxyl groups is 1. The number of H-pyrrole nitrogens is 1. The molecule has 668 valence electrons. The molecule has 0 spiro atoms. The molecule has 4 rings (SSSR count). The molecule has 2 aromatic carbocycles. The summed E-state index contributed by atoms with van der Waals surface area (Å²) in [5.41, 5.74) is 11.8. The van der Waals surface area contributed by atoms with Crippen LogP contribution in [-0.4, -0.2) is 260 Å². The maximum absolute atomic E-state index is 14.9. The quantitative estimate of drug-likeness (QED) is 0.00845. The van der Waals surface area contributed by atoms with Crippen LogP contribution in [0.3, 0.4) is 0 Å². The van der Waals surface area contributed by atoms with Crippen LogP contribution in [0.25, 0.3) is 10.9 Å². The van der Waals surface area contributed by atoms with Crippen molar-refractivity contribution in [2.24, 2.45) is 11.7 Å². The van der Waals surface area contributed by atoms with Crippen molar-refractivity contribution < 1.29 is 140 Å². The maximum atomic E-state index is 14.9. The number of aliphatic hydroxyl groups excluding tert-OH is 1. The number of carbonyl (C=O) groups is 21. The fourth-order valence-electron chi connectivity index (χ4n) is 12.1. The first-order valence-electron chi connectivity index (χ1n) is 38.6. The fraction of sp³-hybridized carbons (Fsp3) is 0.513. The van der Waals surface area contributed by atoms with Gasteiger partial charge in [0.05, 0.1) is 51.8 Å². The van der Waals surface area contributed by atoms with E-state index in [1.165, 1.54) is 42.6 Å². The van der Waals surface area contributed by atoms with Crippen LogP contribution in [0, 0.1) is 11.7 Å². The van der Waals surface area contributed by atoms with Gasteiger partial charge < -0.3 is 126 Å². The normalized spacial score (nSPS) is 20.5. The highest BCUT2D eigenvalue weighted by Crippen LogP contribution is 2.23. The van der Waals surface area contributed by atoms with Gasteiger partial charge in [0.15, 0.2) is 5.78 Å². The minimum absolute atomic E-state index is 0.0810. The smallest absolute Gasteiger partial charge is 0.407 e. The number of para-hydroxylation sites is 1. The molecule has 2 heterocycles. The van der Waals surface area contributed by atoms with Crippen molar-refractivity contribution in [1.82, 2.24) is 79.4 Å². The second-order valence-corrected chi connectivity index (χ2v) is 28.4. The number of aromatic amines is 1. The summed E-state index contributed by atoms with van der Waals surface area (Å²) in [7, 11) is 0. The van der Waals surface area contributed by atoms with E-state index in [1.807, 2.05) is 22.9 Å². The van der Waals surface area contributed by atoms with E-state index in [0.717, 1.165) is 65.0 Å². The molecule has 15 amide bonds. The van der Waals surface area contributed by atoms with E-state index in [4.69, 9.17) is 20.9 Å². The Morgan fingerprint density at radius 3 is 1.79 bits per heavy atom. The molecule has 45 nitrogen and oxygen atoms in total. The van der Waals surface area contributed by atoms with Crippen molar-refractivity contribution in [3.8, 4) is 0 Å². The number of fused-ring (bicyclic) bond motifs is 1. The van der Waals surface area contributed by atoms with E-state index in [2.05, 4.69) is 70.0 Å². The summed E-state index contributed by atoms with van der Waals surface area (Å²) in [5, 5.41) is 80.7. The number of aromatic nitrogens is 1. The number of nitrogen functional groups attached to an aromatic ring is 1. The lowest BCUT2D eigenvalue weighted by Gasteiger charge is -2.30. The van der Waals surface area contributed by atoms with Gasteiger partial charge in [0, 0.05) is 54.2 Å². The molecule has 46 heteroatoms. The number of unbranched alkanes of at least 4 members (excludes halogenated alkanes) is 6. The Bertz CT molecular complexity index is 4330. The van der Waals surface area contributed by atoms with Crippen molar-refractivity contribution in [1.29, 1.82) is 0 Å². The summed E-state index contributed by atoms with van der Waals surface area (Å²) in [6.07, 6.45) is -3.42. The number of nitrogens with two attached hydrogens (primary N) is 2. The number of carbonyl (C=O) groups excluding carboxylic acids is 17. The molecule has 0 bridgehead atoms. The van der Waals surface area contributed by atoms with Gasteiger partial charge in [-0.05, 0) is 74.9 Å². The Morgan fingerprint density at radius 1 is 0.615 bits per heavy atom. The average molecular weight is 1720 g/mol. The number of ketones is 1. The lowest BCUT2D eigenvalue weighted by molar-refractivity contribution is -0.156. The third kappa shape index (κ3) is 35.1. The van der Waals surface area contributed by atoms with Gasteiger partial charge in [-0.15, -0.1) is 0 Å². The molecule has 1 saturated heterocycles. The maximum Gasteiger partial charge on any atom is 0.407 e. The first-order chi connectivity index (χ1) is 57.6. The zero-order valence-corrected chi connectivity index (χ0v) is 67.1. The monoisotopic (exact) mass is 1720 g/mol. The number of Topliss-reactive ketones (excluding diaryl/α,β-unsaturated/α-hetero) is 1. The van der Waals surface area contributed by atoms with Crippen molar-refractivity contribution in [2.75, 3.05) is 38.6 Å². The lowest BCUT2D eigenvalue weighted by atomic mass is 9.96. The topological polar surface area (TPSA) is 714 Å². The Hall–Kier alpha value is -13.7. The molecule has 13 atom stereocenters. The summed E-state index contributed by atoms with van der Waals surface area (Å²) >= 11 is 0. The molecule has 24 N–H and O–H groups in total. The number of anilines is 1. The number of esters is 1. The van der Waals surface area contributed by atoms with Gasteiger partial charge in [0.25, 0.3) is 0 Å². The number of ether oxygens (including phenoxy) is 2. The molecule has 122 heavy (non-hydrogen) atoms. The fourth-order valence-corrected chi connectivity index (χ4v) is 12.1. The van der Waals surface area contributed by atoms with E-state index >= 15 is 0 Å². The summed E-state index contributed by atoms with van der Waals surface area (Å²) in [6.45, 7) is 3.87. The molecule has 1 fully saturated rings. The number of carboxylic acid groups (broad SMARTS) is 4. The van der Waals surface area contributed by atoms with Gasteiger partial charge in [-0.3, -0.25) is 91.1 Å². The molecular formula is C76H104FN17O28. The minimum Gasteiger partial charge on any atom is -0.481 e. The number of hydrogen-bond acceptors (Lipinski definition) is 25. The van der Waals surface area contributed by atoms with Gasteiger partial charge in [0.1, 0.15) is 85.0 Å². The van der Waals surface area contributed by atoms with E-state index in [0.29, 0.717) is 23.8 Å². The second kappa shape index (κ2) is 50.9. The zero-order valence-electron chi connectivity index (χ0n) is 67.1. The van der Waals surface area contributed by atoms with Gasteiger partial charge >= 0.3 is 35.9 Å². The lowest BCUT2D eigenvalue weighted by Crippen LogP contribution is -2.62. The van der Waals surface area contributed by atoms with Gasteiger partial charge in [-0.1, -0.05) is 77.2 Å². The SMILES string of the molecule is C=CCOC(=O)NCCC[C@@H]1NC(=O)CNC(=O)[C@@H](NC(=O)[C@H](CC(=O)O)NC(=O)[C@@H](CC(N)=O)NC(=O)[C@H](Cc2c[nH]c3cc(F)ccc23)NC(=O)CCCCCCCCC)[C@@H](C)OC(=O)[C@H](CC(=O)c2ccccc2N)NC(=O)[C@H](C(C)CC(=O)O)NC(=O)[C@@H](CO)NC(=O)CNC(=O)[C@H](CC(=O)O)NC(=O)[C@@H](C)NC(=O)[C@H](CC(=O)O)NC1=O. The number of hydrogen-bond donors (Lipinski definition) is 22. The summed E-state index contributed by atoms with van der Waals surface area (Å²) < 4.78 is 24.9. The van der Waals surface area contributed by atoms with E-state index in [1.54, 1.807) is 0 Å². The molecule has 3 aromatic rings. The van der Waals surface area contributed by atoms with Crippen LogP contribution in [0.5, 0.6) is 0 Å². The first kappa shape index (κ1) is 101. The molecule has 1 aliphatic rings. The standard InChI is InChI=1S/C76H104FN17O28/c1-6-8-9-10-11-12-13-20-56(98)86-47(26-40-33-81-46-27-41(77)21-22-42(40)46)69(113)89-48(29-55(79)97)70(114)91-51(32-62(107)108)71(115)94-64-39(5)122-75(119)52(28-54(96)43-17-14-15-18-44(43)78)92-74(118)63(37(3)25-59(101)102)93-72(116)53(36-95)87-58(100)34-82-66(110)49(30-60(103)104)88-65(109)38(4)84-68(112)50(31-61(105)106)90-67(111)45(85-57(99)35-83-73(64)117)19-16-23-80-76(120)121-24-7-2/h7,14-15,17-18,21-22,27,33,37-39,45,47-53,63-64,81,95H,2,6,8-13,16,19-20,23-26,28-32,34-36,78H2,1,3-5H3,(H2,79,97)(H,80,120)(H,82,110)(H,83,117)(H,84,112)(H,85,99)(H,86,98)(H,87,100)(H,88,109)(H,89,113)(H,90,111)(H,91,114)(H,92,118)(H,93,116)(H,94,115)(H,101,102)(H,103,104)(H,105,106)(H,107,108)/t37?,38-,39-,45+,47+,48-,49+,50+,51+,52+,53-,63+,64+/m1/s1. The highest BCUT2D eigenvalue weighted by Gasteiger charge is 2.41. The van der Waals surface area contributed by atoms with Crippen molar-refractivity contribution >= 4 is 141 Å². The Balaban J connectivity index is 1.92. The van der Waals surface area contributed by atoms with Crippen LogP contribution in [0.1, 0.15) is 146 Å². The molecular weight excluding hydrogens is 1620 g/mol. The van der Waals surface area contributed by atoms with Crippen LogP contribution in [0.4, 0.5) is 14.9 Å². The summed E-state index contributed by atoms with van der Waals surface area (Å²) in [6, 6.07) is -14.6. The molecule has 1 unspecified atom stereocenters. The van der Waals surface area contributed by atoms with Crippen LogP contribution in [0.15, 0.2) is 61.3 Å². The van der Waals surface area contributed by atoms with Crippen LogP contribution >= 0.6 is 0 Å². The number of aliphatic carboxylic acids is 4. The zero-order chi connectivity index (χ0) is 91.0. The number of carboxylic acids is 4. The van der Waals surface area contributed by atoms with E-state index in [9.17, 15) is 131 Å². The van der Waals surface area contributed by atoms with Crippen molar-refractivity contribution in [2.45, 2.75) is 209 Å². The predicted octanol–water partition coefficient (Wildman–Crippen LogP) is -4.53. The second-order valence-electron chi connectivity index (χ2n) is 28.4. The van der Waals surface area contributed by atoms with Crippen LogP contribution < -0.4 is 85.9 Å². The molecule has 0 aliphatic carbocycles. The van der Waals surface area contributed by atoms with Crippen molar-refractivity contribution in [3.63, 3.8) is 0 Å². The highest BCUT2D eigenvalue weighted by atomic mass is 19.1. The van der Waals surface area contributed by atoms with E-state index in [-0.39, 0.29) is 49.2 Å². The average Bonchev–Trinajstić information content (AvgIpc) is 1.68. The summed E-state index contributed by atoms with van der Waals surface area (Å²) in [4.78, 5) is 290. The molecule has 0 radical (unpaired) electrons. The Labute approximate surface area is 695 Å². The number of primary amides is 1. The van der Waals surface area contributed by atoms with Gasteiger partial charge in [0.2, 0.25) is 82.7 Å². The number of alkyl carbamates (subject to hydrolysis) is 1. The Kier molecular flexibility index (Phi) is 42.0. The van der Waals surface area contributed by atoms with E-state index < -0.39 is 273 Å². The summed E-state index contributed by atoms with van der Waals surface area (Å²) in [5.74, 6) is -31.4. The molecule has 1 aliphatic heterocycles. The van der Waals surface area contributed by atoms with Crippen LogP contribution in [-0.2, 0) is 107 Å². The first-order valence-corrected chi connectivity index (χ1v) is 38.6. The third-order valence-corrected chi connectivity index (χ3v) is 18.5. The highest BCUT2D eigenvalue weighted by molar-refractivity contribution is 6.05. The number of halogens is 1. The van der Waals surface area contributed by atoms with Gasteiger partial charge in [-0.2, -0.15) is 0 Å².